The number of hydrogen-bond acceptors (Lipinski definition) is 4. The summed E-state index contributed by atoms with van der Waals surface area (Å²) in [6, 6.07) is 9.27. The Labute approximate surface area is 156 Å². The van der Waals surface area contributed by atoms with Gasteiger partial charge in [0.2, 0.25) is 0 Å². The number of ether oxygens (including phenoxy) is 3. The quantitative estimate of drug-likeness (QED) is 0.766. The van der Waals surface area contributed by atoms with Crippen molar-refractivity contribution >= 4 is 27.5 Å². The van der Waals surface area contributed by atoms with Crippen LogP contribution in [0, 0.1) is 13.8 Å². The van der Waals surface area contributed by atoms with Crippen molar-refractivity contribution in [2.45, 2.75) is 26.9 Å². The molecule has 0 saturated heterocycles. The fourth-order valence-corrected chi connectivity index (χ4v) is 2.88. The average molecular weight is 408 g/mol. The lowest BCUT2D eigenvalue weighted by molar-refractivity contribution is -0.122. The lowest BCUT2D eigenvalue weighted by Gasteiger charge is -2.18. The van der Waals surface area contributed by atoms with Crippen LogP contribution in [0.1, 0.15) is 18.1 Å². The summed E-state index contributed by atoms with van der Waals surface area (Å²) < 4.78 is 17.1. The van der Waals surface area contributed by atoms with Crippen molar-refractivity contribution in [2.75, 3.05) is 19.5 Å². The number of methoxy groups -OCH3 is 2. The molecule has 134 valence electrons. The Bertz CT molecular complexity index is 776. The molecule has 0 spiro atoms. The van der Waals surface area contributed by atoms with Gasteiger partial charge in [0, 0.05) is 11.8 Å². The molecule has 1 N–H and O–H groups in total. The zero-order valence-corrected chi connectivity index (χ0v) is 16.6. The van der Waals surface area contributed by atoms with E-state index >= 15 is 0 Å². The highest BCUT2D eigenvalue weighted by Crippen LogP contribution is 2.33. The van der Waals surface area contributed by atoms with Crippen LogP contribution in [-0.4, -0.2) is 26.2 Å². The summed E-state index contributed by atoms with van der Waals surface area (Å²) in [6.07, 6.45) is -0.661. The molecule has 0 fully saturated rings. The number of hydrogen-bond donors (Lipinski definition) is 1. The molecule has 0 aliphatic carbocycles. The minimum atomic E-state index is -0.661. The topological polar surface area (TPSA) is 56.8 Å². The summed E-state index contributed by atoms with van der Waals surface area (Å²) in [5.41, 5.74) is 2.63. The molecule has 0 bridgehead atoms. The molecule has 0 heterocycles. The normalized spacial score (nSPS) is 11.6. The molecule has 25 heavy (non-hydrogen) atoms. The van der Waals surface area contributed by atoms with Crippen molar-refractivity contribution < 1.29 is 19.0 Å². The van der Waals surface area contributed by atoms with Crippen molar-refractivity contribution in [2.24, 2.45) is 0 Å². The van der Waals surface area contributed by atoms with E-state index in [-0.39, 0.29) is 5.91 Å². The Hall–Kier alpha value is -2.21. The second-order valence-corrected chi connectivity index (χ2v) is 6.56. The molecule has 0 aliphatic heterocycles. The molecule has 2 aromatic carbocycles. The lowest BCUT2D eigenvalue weighted by atomic mass is 10.1. The summed E-state index contributed by atoms with van der Waals surface area (Å²) in [5.74, 6) is 1.55. The van der Waals surface area contributed by atoms with Gasteiger partial charge in [-0.2, -0.15) is 0 Å². The van der Waals surface area contributed by atoms with Gasteiger partial charge in [-0.15, -0.1) is 0 Å². The van der Waals surface area contributed by atoms with Crippen LogP contribution in [0.25, 0.3) is 0 Å². The smallest absolute Gasteiger partial charge is 0.265 e. The van der Waals surface area contributed by atoms with Crippen LogP contribution in [0.3, 0.4) is 0 Å². The van der Waals surface area contributed by atoms with E-state index in [9.17, 15) is 4.79 Å². The van der Waals surface area contributed by atoms with E-state index in [4.69, 9.17) is 14.2 Å². The number of carbonyl (C=O) groups excluding carboxylic acids is 1. The van der Waals surface area contributed by atoms with Crippen LogP contribution in [0.2, 0.25) is 0 Å². The number of aryl methyl sites for hydroxylation is 2. The fourth-order valence-electron chi connectivity index (χ4n) is 2.30. The van der Waals surface area contributed by atoms with Crippen LogP contribution in [-0.2, 0) is 4.79 Å². The van der Waals surface area contributed by atoms with Crippen molar-refractivity contribution in [3.05, 3.63) is 45.9 Å². The number of nitrogens with one attached hydrogen (secondary N) is 1. The number of benzene rings is 2. The van der Waals surface area contributed by atoms with Gasteiger partial charge in [0.1, 0.15) is 5.75 Å². The van der Waals surface area contributed by atoms with Gasteiger partial charge in [0.05, 0.1) is 18.7 Å². The Morgan fingerprint density at radius 3 is 2.28 bits per heavy atom. The predicted octanol–water partition coefficient (Wildman–Crippen LogP) is 4.49. The summed E-state index contributed by atoms with van der Waals surface area (Å²) in [4.78, 5) is 12.5. The summed E-state index contributed by atoms with van der Waals surface area (Å²) in [7, 11) is 3.13. The zero-order chi connectivity index (χ0) is 18.6. The number of amides is 1. The van der Waals surface area contributed by atoms with Gasteiger partial charge in [-0.1, -0.05) is 6.07 Å². The molecule has 1 unspecified atom stereocenters. The van der Waals surface area contributed by atoms with Crippen molar-refractivity contribution in [1.29, 1.82) is 0 Å². The van der Waals surface area contributed by atoms with Gasteiger partial charge in [-0.3, -0.25) is 4.79 Å². The first-order valence-electron chi connectivity index (χ1n) is 7.82. The van der Waals surface area contributed by atoms with Gasteiger partial charge < -0.3 is 19.5 Å². The van der Waals surface area contributed by atoms with Gasteiger partial charge in [0.25, 0.3) is 5.91 Å². The summed E-state index contributed by atoms with van der Waals surface area (Å²) in [6.45, 7) is 5.59. The largest absolute Gasteiger partial charge is 0.493 e. The Kier molecular flexibility index (Phi) is 6.31. The molecular weight excluding hydrogens is 386 g/mol. The first-order chi connectivity index (χ1) is 11.8. The third-order valence-electron chi connectivity index (χ3n) is 3.75. The van der Waals surface area contributed by atoms with Crippen LogP contribution in [0.15, 0.2) is 34.8 Å². The minimum Gasteiger partial charge on any atom is -0.493 e. The van der Waals surface area contributed by atoms with E-state index in [0.29, 0.717) is 22.9 Å². The van der Waals surface area contributed by atoms with Crippen molar-refractivity contribution in [1.82, 2.24) is 0 Å². The molecule has 1 atom stereocenters. The zero-order valence-electron chi connectivity index (χ0n) is 15.0. The van der Waals surface area contributed by atoms with Crippen molar-refractivity contribution in [3.63, 3.8) is 0 Å². The maximum atomic E-state index is 12.5. The molecule has 2 rings (SSSR count). The molecule has 5 nitrogen and oxygen atoms in total. The highest BCUT2D eigenvalue weighted by atomic mass is 79.9. The monoisotopic (exact) mass is 407 g/mol. The molecule has 6 heteroatoms. The van der Waals surface area contributed by atoms with E-state index in [1.807, 2.05) is 38.1 Å². The molecule has 0 radical (unpaired) electrons. The molecule has 0 aliphatic rings. The fraction of sp³-hybridized carbons (Fsp3) is 0.316. The highest BCUT2D eigenvalue weighted by molar-refractivity contribution is 9.10. The van der Waals surface area contributed by atoms with Crippen LogP contribution in [0.5, 0.6) is 17.2 Å². The molecule has 0 aromatic heterocycles. The van der Waals surface area contributed by atoms with Gasteiger partial charge in [0.15, 0.2) is 17.6 Å². The molecule has 1 amide bonds. The predicted molar refractivity (Wildman–Crippen MR) is 102 cm³/mol. The van der Waals surface area contributed by atoms with E-state index in [1.165, 1.54) is 0 Å². The van der Waals surface area contributed by atoms with E-state index in [0.717, 1.165) is 15.6 Å². The summed E-state index contributed by atoms with van der Waals surface area (Å²) >= 11 is 3.45. The third-order valence-corrected chi connectivity index (χ3v) is 4.37. The van der Waals surface area contributed by atoms with E-state index in [1.54, 1.807) is 27.2 Å². The van der Waals surface area contributed by atoms with Crippen molar-refractivity contribution in [3.8, 4) is 17.2 Å². The first-order valence-corrected chi connectivity index (χ1v) is 8.61. The molecule has 0 saturated carbocycles. The molecular formula is C19H22BrNO4. The third kappa shape index (κ3) is 4.66. The van der Waals surface area contributed by atoms with Crippen LogP contribution < -0.4 is 19.5 Å². The average Bonchev–Trinajstić information content (AvgIpc) is 2.58. The summed E-state index contributed by atoms with van der Waals surface area (Å²) in [5, 5.41) is 2.87. The maximum Gasteiger partial charge on any atom is 0.265 e. The Balaban J connectivity index is 2.13. The Morgan fingerprint density at radius 2 is 1.68 bits per heavy atom. The van der Waals surface area contributed by atoms with Gasteiger partial charge >= 0.3 is 0 Å². The van der Waals surface area contributed by atoms with Crippen LogP contribution in [0.4, 0.5) is 5.69 Å². The lowest BCUT2D eigenvalue weighted by Crippen LogP contribution is -2.30. The standard InChI is InChI=1S/C19H22BrNO4/c1-11-6-7-16(14(20)8-11)25-13(3)19(22)21-15-10-18(24-5)17(23-4)9-12(15)2/h6-10,13H,1-5H3,(H,21,22). The second-order valence-electron chi connectivity index (χ2n) is 5.71. The second kappa shape index (κ2) is 8.25. The number of carbonyl (C=O) groups is 1. The van der Waals surface area contributed by atoms with Gasteiger partial charge in [-0.05, 0) is 66.0 Å². The van der Waals surface area contributed by atoms with Gasteiger partial charge in [-0.25, -0.2) is 0 Å². The number of rotatable bonds is 6. The first kappa shape index (κ1) is 19.1. The number of anilines is 1. The maximum absolute atomic E-state index is 12.5. The molecule has 2 aromatic rings. The number of halogens is 1. The highest BCUT2D eigenvalue weighted by Gasteiger charge is 2.18. The van der Waals surface area contributed by atoms with E-state index < -0.39 is 6.10 Å². The minimum absolute atomic E-state index is 0.247. The SMILES string of the molecule is COc1cc(C)c(NC(=O)C(C)Oc2ccc(C)cc2Br)cc1OC. The van der Waals surface area contributed by atoms with Crippen LogP contribution >= 0.6 is 15.9 Å². The van der Waals surface area contributed by atoms with E-state index in [2.05, 4.69) is 21.2 Å². The Morgan fingerprint density at radius 1 is 1.04 bits per heavy atom.